The molecule has 1 fully saturated rings. The van der Waals surface area contributed by atoms with Gasteiger partial charge in [0.1, 0.15) is 5.60 Å². The Morgan fingerprint density at radius 2 is 2.29 bits per heavy atom. The average molecular weight is 239 g/mol. The van der Waals surface area contributed by atoms with Gasteiger partial charge in [0.15, 0.2) is 0 Å². The standard InChI is InChI=1S/C12H21N3O2/c1-12(2,3)17-11(16)15-7-6-14-8-10(9-15)4-5-13/h10,14H,4,6-9H2,1-3H3. The maximum Gasteiger partial charge on any atom is 0.410 e. The summed E-state index contributed by atoms with van der Waals surface area (Å²) >= 11 is 0. The molecule has 5 heteroatoms. The van der Waals surface area contributed by atoms with Crippen LogP contribution in [0.5, 0.6) is 0 Å². The third-order valence-corrected chi connectivity index (χ3v) is 2.50. The van der Waals surface area contributed by atoms with E-state index in [0.717, 1.165) is 13.1 Å². The second-order valence-corrected chi connectivity index (χ2v) is 5.36. The highest BCUT2D eigenvalue weighted by atomic mass is 16.6. The van der Waals surface area contributed by atoms with Crippen LogP contribution in [0.3, 0.4) is 0 Å². The molecule has 1 unspecified atom stereocenters. The Balaban J connectivity index is 2.56. The highest BCUT2D eigenvalue weighted by Gasteiger charge is 2.25. The van der Waals surface area contributed by atoms with Gasteiger partial charge in [-0.05, 0) is 20.8 Å². The second kappa shape index (κ2) is 5.87. The number of hydrogen-bond acceptors (Lipinski definition) is 4. The van der Waals surface area contributed by atoms with Crippen LogP contribution >= 0.6 is 0 Å². The molecule has 1 saturated heterocycles. The number of nitrogens with zero attached hydrogens (tertiary/aromatic N) is 2. The van der Waals surface area contributed by atoms with Crippen LogP contribution in [0.15, 0.2) is 0 Å². The van der Waals surface area contributed by atoms with Crippen molar-refractivity contribution in [2.75, 3.05) is 26.2 Å². The number of nitrogens with one attached hydrogen (secondary N) is 1. The van der Waals surface area contributed by atoms with E-state index in [1.807, 2.05) is 20.8 Å². The van der Waals surface area contributed by atoms with Gasteiger partial charge in [0.05, 0.1) is 6.07 Å². The number of amides is 1. The van der Waals surface area contributed by atoms with E-state index in [1.165, 1.54) is 0 Å². The lowest BCUT2D eigenvalue weighted by Gasteiger charge is -2.27. The SMILES string of the molecule is CC(C)(C)OC(=O)N1CCNCC(CC#N)C1. The normalized spacial score (nSPS) is 21.5. The van der Waals surface area contributed by atoms with Gasteiger partial charge in [0, 0.05) is 38.5 Å². The Bertz CT molecular complexity index is 304. The van der Waals surface area contributed by atoms with Crippen molar-refractivity contribution in [1.29, 1.82) is 5.26 Å². The predicted molar refractivity (Wildman–Crippen MR) is 64.4 cm³/mol. The van der Waals surface area contributed by atoms with Gasteiger partial charge in [-0.25, -0.2) is 4.79 Å². The van der Waals surface area contributed by atoms with Gasteiger partial charge >= 0.3 is 6.09 Å². The van der Waals surface area contributed by atoms with Crippen LogP contribution in [0.25, 0.3) is 0 Å². The molecule has 0 aromatic rings. The van der Waals surface area contributed by atoms with Crippen molar-refractivity contribution in [2.24, 2.45) is 5.92 Å². The first-order valence-corrected chi connectivity index (χ1v) is 5.98. The Hall–Kier alpha value is -1.28. The fourth-order valence-electron chi connectivity index (χ4n) is 1.75. The predicted octanol–water partition coefficient (Wildman–Crippen LogP) is 1.36. The van der Waals surface area contributed by atoms with Gasteiger partial charge in [-0.3, -0.25) is 0 Å². The summed E-state index contributed by atoms with van der Waals surface area (Å²) in [6, 6.07) is 2.15. The molecule has 0 aromatic carbocycles. The van der Waals surface area contributed by atoms with Crippen LogP contribution in [-0.4, -0.2) is 42.8 Å². The van der Waals surface area contributed by atoms with E-state index in [-0.39, 0.29) is 12.0 Å². The quantitative estimate of drug-likeness (QED) is 0.750. The first-order chi connectivity index (χ1) is 7.92. The first-order valence-electron chi connectivity index (χ1n) is 5.98. The molecule has 1 atom stereocenters. The van der Waals surface area contributed by atoms with Crippen molar-refractivity contribution in [2.45, 2.75) is 32.8 Å². The van der Waals surface area contributed by atoms with Crippen LogP contribution in [0, 0.1) is 17.2 Å². The van der Waals surface area contributed by atoms with Crippen LogP contribution in [0.1, 0.15) is 27.2 Å². The van der Waals surface area contributed by atoms with Crippen molar-refractivity contribution >= 4 is 6.09 Å². The Labute approximate surface area is 103 Å². The number of carbonyl (C=O) groups is 1. The lowest BCUT2D eigenvalue weighted by molar-refractivity contribution is 0.0242. The van der Waals surface area contributed by atoms with Crippen LogP contribution in [-0.2, 0) is 4.74 Å². The lowest BCUT2D eigenvalue weighted by atomic mass is 10.1. The minimum Gasteiger partial charge on any atom is -0.444 e. The molecule has 5 nitrogen and oxygen atoms in total. The molecule has 1 amide bonds. The molecule has 0 aromatic heterocycles. The zero-order valence-electron chi connectivity index (χ0n) is 10.8. The molecule has 1 N–H and O–H groups in total. The minimum absolute atomic E-state index is 0.190. The number of carbonyl (C=O) groups excluding carboxylic acids is 1. The maximum absolute atomic E-state index is 11.9. The van der Waals surface area contributed by atoms with Crippen LogP contribution in [0.2, 0.25) is 0 Å². The van der Waals surface area contributed by atoms with Crippen LogP contribution in [0.4, 0.5) is 4.79 Å². The zero-order chi connectivity index (χ0) is 12.9. The molecular formula is C12H21N3O2. The minimum atomic E-state index is -0.471. The molecule has 1 aliphatic heterocycles. The van der Waals surface area contributed by atoms with Crippen molar-refractivity contribution in [1.82, 2.24) is 10.2 Å². The monoisotopic (exact) mass is 239 g/mol. The number of rotatable bonds is 1. The van der Waals surface area contributed by atoms with Gasteiger partial charge in [-0.2, -0.15) is 5.26 Å². The Morgan fingerprint density at radius 1 is 1.59 bits per heavy atom. The van der Waals surface area contributed by atoms with Crippen molar-refractivity contribution in [3.8, 4) is 6.07 Å². The molecule has 0 bridgehead atoms. The molecule has 1 heterocycles. The van der Waals surface area contributed by atoms with E-state index in [4.69, 9.17) is 10.00 Å². The highest BCUT2D eigenvalue weighted by Crippen LogP contribution is 2.13. The molecule has 1 rings (SSSR count). The zero-order valence-corrected chi connectivity index (χ0v) is 10.8. The summed E-state index contributed by atoms with van der Waals surface area (Å²) in [4.78, 5) is 13.6. The molecule has 0 aliphatic carbocycles. The van der Waals surface area contributed by atoms with E-state index in [2.05, 4.69) is 11.4 Å². The summed E-state index contributed by atoms with van der Waals surface area (Å²) in [6.45, 7) is 8.33. The Kier molecular flexibility index (Phi) is 4.76. The van der Waals surface area contributed by atoms with Gasteiger partial charge in [0.2, 0.25) is 0 Å². The number of hydrogen-bond donors (Lipinski definition) is 1. The average Bonchev–Trinajstić information content (AvgIpc) is 2.41. The molecule has 0 spiro atoms. The summed E-state index contributed by atoms with van der Waals surface area (Å²) in [5.74, 6) is 0.190. The van der Waals surface area contributed by atoms with Gasteiger partial charge in [-0.1, -0.05) is 0 Å². The fourth-order valence-corrected chi connectivity index (χ4v) is 1.75. The number of ether oxygens (including phenoxy) is 1. The van der Waals surface area contributed by atoms with Gasteiger partial charge in [0.25, 0.3) is 0 Å². The molecule has 17 heavy (non-hydrogen) atoms. The smallest absolute Gasteiger partial charge is 0.410 e. The Morgan fingerprint density at radius 3 is 2.88 bits per heavy atom. The second-order valence-electron chi connectivity index (χ2n) is 5.36. The largest absolute Gasteiger partial charge is 0.444 e. The van der Waals surface area contributed by atoms with E-state index in [9.17, 15) is 4.79 Å². The van der Waals surface area contributed by atoms with Gasteiger partial charge < -0.3 is 15.0 Å². The van der Waals surface area contributed by atoms with E-state index in [0.29, 0.717) is 19.5 Å². The van der Waals surface area contributed by atoms with Crippen molar-refractivity contribution in [3.05, 3.63) is 0 Å². The first kappa shape index (κ1) is 13.8. The van der Waals surface area contributed by atoms with Crippen molar-refractivity contribution < 1.29 is 9.53 Å². The van der Waals surface area contributed by atoms with Crippen LogP contribution < -0.4 is 5.32 Å². The molecular weight excluding hydrogens is 218 g/mol. The third kappa shape index (κ3) is 5.05. The third-order valence-electron chi connectivity index (χ3n) is 2.50. The molecule has 0 saturated carbocycles. The summed E-state index contributed by atoms with van der Waals surface area (Å²) in [7, 11) is 0. The maximum atomic E-state index is 11.9. The molecule has 0 radical (unpaired) electrons. The molecule has 96 valence electrons. The number of nitriles is 1. The molecule has 1 aliphatic rings. The van der Waals surface area contributed by atoms with E-state index < -0.39 is 5.60 Å². The van der Waals surface area contributed by atoms with Gasteiger partial charge in [-0.15, -0.1) is 0 Å². The summed E-state index contributed by atoms with van der Waals surface area (Å²) in [5.41, 5.74) is -0.471. The summed E-state index contributed by atoms with van der Waals surface area (Å²) < 4.78 is 5.34. The van der Waals surface area contributed by atoms with Crippen molar-refractivity contribution in [3.63, 3.8) is 0 Å². The summed E-state index contributed by atoms with van der Waals surface area (Å²) in [6.07, 6.45) is 0.177. The highest BCUT2D eigenvalue weighted by molar-refractivity contribution is 5.68. The van der Waals surface area contributed by atoms with E-state index >= 15 is 0 Å². The summed E-state index contributed by atoms with van der Waals surface area (Å²) in [5, 5.41) is 11.9. The lowest BCUT2D eigenvalue weighted by Crippen LogP contribution is -2.40. The topological polar surface area (TPSA) is 65.4 Å². The fraction of sp³-hybridized carbons (Fsp3) is 0.833. The van der Waals surface area contributed by atoms with E-state index in [1.54, 1.807) is 4.90 Å².